The van der Waals surface area contributed by atoms with Crippen molar-refractivity contribution in [2.24, 2.45) is 0 Å². The number of hydrogen-bond acceptors (Lipinski definition) is 4. The number of esters is 1. The zero-order valence-corrected chi connectivity index (χ0v) is 10.6. The van der Waals surface area contributed by atoms with Gasteiger partial charge in [0.15, 0.2) is 6.04 Å². The van der Waals surface area contributed by atoms with Crippen molar-refractivity contribution in [2.45, 2.75) is 6.04 Å². The first-order valence-electron chi connectivity index (χ1n) is 4.55. The first-order valence-corrected chi connectivity index (χ1v) is 5.34. The molecule has 0 fully saturated rings. The van der Waals surface area contributed by atoms with Gasteiger partial charge in [-0.25, -0.2) is 4.79 Å². The van der Waals surface area contributed by atoms with Crippen molar-refractivity contribution in [1.29, 1.82) is 0 Å². The van der Waals surface area contributed by atoms with Crippen LogP contribution in [0.15, 0.2) is 27.6 Å². The summed E-state index contributed by atoms with van der Waals surface area (Å²) < 4.78 is 11.2. The molecule has 0 amide bonds. The van der Waals surface area contributed by atoms with Crippen molar-refractivity contribution < 1.29 is 14.3 Å². The lowest BCUT2D eigenvalue weighted by atomic mass is 10.3. The van der Waals surface area contributed by atoms with Gasteiger partial charge < -0.3 is 9.47 Å². The minimum Gasteiger partial charge on any atom is -0.467 e. The average molecular weight is 290 g/mol. The van der Waals surface area contributed by atoms with Crippen LogP contribution < -0.4 is 5.56 Å². The van der Waals surface area contributed by atoms with E-state index in [1.807, 2.05) is 0 Å². The molecule has 0 saturated carbocycles. The Bertz CT molecular complexity index is 429. The van der Waals surface area contributed by atoms with Crippen LogP contribution >= 0.6 is 15.9 Å². The van der Waals surface area contributed by atoms with Crippen LogP contribution in [0, 0.1) is 0 Å². The molecule has 1 aromatic rings. The number of hydrogen-bond donors (Lipinski definition) is 0. The summed E-state index contributed by atoms with van der Waals surface area (Å²) in [5, 5.41) is 0. The SMILES string of the molecule is COCC(C(=O)OC)n1cccc(Br)c1=O. The Morgan fingerprint density at radius 3 is 2.81 bits per heavy atom. The Balaban J connectivity index is 3.16. The molecule has 5 nitrogen and oxygen atoms in total. The van der Waals surface area contributed by atoms with E-state index in [1.165, 1.54) is 25.0 Å². The summed E-state index contributed by atoms with van der Waals surface area (Å²) in [7, 11) is 2.73. The summed E-state index contributed by atoms with van der Waals surface area (Å²) in [6.45, 7) is 0.0863. The van der Waals surface area contributed by atoms with Gasteiger partial charge in [0.1, 0.15) is 0 Å². The third-order valence-electron chi connectivity index (χ3n) is 2.06. The Hall–Kier alpha value is -1.14. The minimum atomic E-state index is -0.764. The molecule has 1 rings (SSSR count). The van der Waals surface area contributed by atoms with Gasteiger partial charge in [-0.2, -0.15) is 0 Å². The maximum atomic E-state index is 11.8. The molecule has 88 valence electrons. The highest BCUT2D eigenvalue weighted by Gasteiger charge is 2.22. The quantitative estimate of drug-likeness (QED) is 0.775. The molecule has 0 aliphatic heterocycles. The van der Waals surface area contributed by atoms with E-state index in [9.17, 15) is 9.59 Å². The second-order valence-electron chi connectivity index (χ2n) is 3.06. The lowest BCUT2D eigenvalue weighted by Gasteiger charge is -2.16. The summed E-state index contributed by atoms with van der Waals surface area (Å²) in [5.41, 5.74) is -0.296. The van der Waals surface area contributed by atoms with Crippen molar-refractivity contribution in [3.8, 4) is 0 Å². The van der Waals surface area contributed by atoms with Crippen LogP contribution in [0.1, 0.15) is 6.04 Å². The second-order valence-corrected chi connectivity index (χ2v) is 3.92. The van der Waals surface area contributed by atoms with E-state index in [-0.39, 0.29) is 12.2 Å². The first kappa shape index (κ1) is 12.9. The van der Waals surface area contributed by atoms with Crippen LogP contribution in [-0.4, -0.2) is 31.4 Å². The summed E-state index contributed by atoms with van der Waals surface area (Å²) >= 11 is 3.11. The van der Waals surface area contributed by atoms with Crippen LogP contribution in [0.3, 0.4) is 0 Å². The fourth-order valence-corrected chi connectivity index (χ4v) is 1.64. The predicted molar refractivity (Wildman–Crippen MR) is 61.3 cm³/mol. The van der Waals surface area contributed by atoms with Gasteiger partial charge in [-0.1, -0.05) is 0 Å². The predicted octanol–water partition coefficient (Wildman–Crippen LogP) is 0.971. The topological polar surface area (TPSA) is 57.5 Å². The first-order chi connectivity index (χ1) is 7.61. The average Bonchev–Trinajstić information content (AvgIpc) is 2.29. The highest BCUT2D eigenvalue weighted by molar-refractivity contribution is 9.10. The lowest BCUT2D eigenvalue weighted by molar-refractivity contribution is -0.146. The van der Waals surface area contributed by atoms with Gasteiger partial charge in [0.2, 0.25) is 0 Å². The molecule has 6 heteroatoms. The van der Waals surface area contributed by atoms with E-state index in [1.54, 1.807) is 12.1 Å². The standard InChI is InChI=1S/C10H12BrNO4/c1-15-6-8(10(14)16-2)12-5-3-4-7(11)9(12)13/h3-5,8H,6H2,1-2H3. The van der Waals surface area contributed by atoms with Gasteiger partial charge in [-0.3, -0.25) is 9.36 Å². The maximum absolute atomic E-state index is 11.8. The Morgan fingerprint density at radius 1 is 1.56 bits per heavy atom. The fraction of sp³-hybridized carbons (Fsp3) is 0.400. The lowest BCUT2D eigenvalue weighted by Crippen LogP contribution is -2.33. The number of rotatable bonds is 4. The monoisotopic (exact) mass is 289 g/mol. The maximum Gasteiger partial charge on any atom is 0.331 e. The molecule has 1 atom stereocenters. The molecule has 0 radical (unpaired) electrons. The van der Waals surface area contributed by atoms with E-state index in [4.69, 9.17) is 4.74 Å². The van der Waals surface area contributed by atoms with Gasteiger partial charge in [0, 0.05) is 13.3 Å². The molecule has 16 heavy (non-hydrogen) atoms. The molecule has 0 spiro atoms. The van der Waals surface area contributed by atoms with Crippen molar-refractivity contribution >= 4 is 21.9 Å². The molecule has 0 N–H and O–H groups in total. The summed E-state index contributed by atoms with van der Waals surface area (Å²) in [6.07, 6.45) is 1.52. The van der Waals surface area contributed by atoms with Gasteiger partial charge in [-0.05, 0) is 28.1 Å². The smallest absolute Gasteiger partial charge is 0.331 e. The van der Waals surface area contributed by atoms with Crippen molar-refractivity contribution in [3.63, 3.8) is 0 Å². The number of nitrogens with zero attached hydrogens (tertiary/aromatic N) is 1. The third-order valence-corrected chi connectivity index (χ3v) is 2.67. The van der Waals surface area contributed by atoms with E-state index >= 15 is 0 Å². The zero-order chi connectivity index (χ0) is 12.1. The van der Waals surface area contributed by atoms with E-state index in [0.717, 1.165) is 0 Å². The molecule has 0 saturated heterocycles. The second kappa shape index (κ2) is 5.81. The number of ether oxygens (including phenoxy) is 2. The van der Waals surface area contributed by atoms with Gasteiger partial charge >= 0.3 is 5.97 Å². The van der Waals surface area contributed by atoms with E-state index in [0.29, 0.717) is 4.47 Å². The van der Waals surface area contributed by atoms with E-state index < -0.39 is 12.0 Å². The van der Waals surface area contributed by atoms with Gasteiger partial charge in [0.05, 0.1) is 18.2 Å². The number of carbonyl (C=O) groups is 1. The van der Waals surface area contributed by atoms with Gasteiger partial charge in [0.25, 0.3) is 5.56 Å². The molecule has 1 aromatic heterocycles. The number of halogens is 1. The van der Waals surface area contributed by atoms with Crippen molar-refractivity contribution in [2.75, 3.05) is 20.8 Å². The largest absolute Gasteiger partial charge is 0.467 e. The fourth-order valence-electron chi connectivity index (χ4n) is 1.28. The minimum absolute atomic E-state index is 0.0863. The van der Waals surface area contributed by atoms with Crippen LogP contribution in [0.2, 0.25) is 0 Å². The van der Waals surface area contributed by atoms with E-state index in [2.05, 4.69) is 20.7 Å². The third kappa shape index (κ3) is 2.70. The normalized spacial score (nSPS) is 12.2. The molecule has 1 heterocycles. The molecule has 0 aromatic carbocycles. The van der Waals surface area contributed by atoms with Crippen LogP contribution in [0.4, 0.5) is 0 Å². The number of pyridine rings is 1. The highest BCUT2D eigenvalue weighted by Crippen LogP contribution is 2.09. The molecule has 0 bridgehead atoms. The summed E-state index contributed by atoms with van der Waals surface area (Å²) in [5.74, 6) is -0.512. The number of carbonyl (C=O) groups excluding carboxylic acids is 1. The number of aromatic nitrogens is 1. The molecular weight excluding hydrogens is 278 g/mol. The number of methoxy groups -OCH3 is 2. The van der Waals surface area contributed by atoms with Crippen LogP contribution in [0.25, 0.3) is 0 Å². The van der Waals surface area contributed by atoms with Gasteiger partial charge in [-0.15, -0.1) is 0 Å². The molecule has 0 aliphatic carbocycles. The summed E-state index contributed by atoms with van der Waals surface area (Å²) in [4.78, 5) is 23.2. The Morgan fingerprint density at radius 2 is 2.25 bits per heavy atom. The molecule has 1 unspecified atom stereocenters. The molecule has 0 aliphatic rings. The Labute approximate surface area is 101 Å². The molecular formula is C10H12BrNO4. The zero-order valence-electron chi connectivity index (χ0n) is 8.97. The van der Waals surface area contributed by atoms with Crippen LogP contribution in [0.5, 0.6) is 0 Å². The van der Waals surface area contributed by atoms with Crippen molar-refractivity contribution in [1.82, 2.24) is 4.57 Å². The Kier molecular flexibility index (Phi) is 4.70. The van der Waals surface area contributed by atoms with Crippen LogP contribution in [-0.2, 0) is 14.3 Å². The highest BCUT2D eigenvalue weighted by atomic mass is 79.9. The van der Waals surface area contributed by atoms with Crippen molar-refractivity contribution in [3.05, 3.63) is 33.2 Å². The summed E-state index contributed by atoms with van der Waals surface area (Å²) in [6, 6.07) is 2.51.